The molecule has 39 valence electrons. The van der Waals surface area contributed by atoms with Crippen LogP contribution in [0.3, 0.4) is 0 Å². The van der Waals surface area contributed by atoms with Crippen LogP contribution in [0.25, 0.3) is 0 Å². The first-order valence-corrected chi connectivity index (χ1v) is 0.408. The van der Waals surface area contributed by atoms with E-state index in [4.69, 9.17) is 0 Å². The van der Waals surface area contributed by atoms with Gasteiger partial charge >= 0.3 is 46.9 Å². The first kappa shape index (κ1) is 25.2. The molecule has 0 amide bonds. The molecule has 0 atom stereocenters. The van der Waals surface area contributed by atoms with Crippen molar-refractivity contribution in [3.8, 4) is 0 Å². The Hall–Kier alpha value is 2.72. The van der Waals surface area contributed by atoms with Crippen molar-refractivity contribution in [1.29, 1.82) is 0 Å². The fourth-order valence-corrected chi connectivity index (χ4v) is 0. The molecule has 0 fully saturated rings. The molecule has 0 nitrogen and oxygen atoms in total. The second kappa shape index (κ2) is 29.7. The first-order chi connectivity index (χ1) is 1.00. The zero-order valence-corrected chi connectivity index (χ0v) is 8.34. The van der Waals surface area contributed by atoms with Crippen LogP contribution in [-0.4, -0.2) is 0 Å². The van der Waals surface area contributed by atoms with Gasteiger partial charge in [-0.2, -0.15) is 0 Å². The maximum atomic E-state index is 4.25. The van der Waals surface area contributed by atoms with E-state index in [1.54, 1.807) is 0 Å². The summed E-state index contributed by atoms with van der Waals surface area (Å²) in [6.07, 6.45) is 0. The molecule has 0 heterocycles. The van der Waals surface area contributed by atoms with Crippen molar-refractivity contribution in [2.45, 2.75) is 0 Å². The summed E-state index contributed by atoms with van der Waals surface area (Å²) >= 11 is 0. The molecule has 5 heavy (non-hydrogen) atoms. The SMILES string of the molecule is [CH-]=C.[I-].[I-].[Yb+3]. The molecule has 3 heteroatoms. The molecule has 1 radical (unpaired) electrons. The summed E-state index contributed by atoms with van der Waals surface area (Å²) in [6, 6.07) is 0. The van der Waals surface area contributed by atoms with E-state index in [0.29, 0.717) is 0 Å². The smallest absolute Gasteiger partial charge is 1.00 e. The van der Waals surface area contributed by atoms with Gasteiger partial charge in [0.2, 0.25) is 0 Å². The molecule has 0 spiro atoms. The van der Waals surface area contributed by atoms with Crippen molar-refractivity contribution in [3.63, 3.8) is 0 Å². The molecule has 0 aromatic heterocycles. The molecule has 0 aliphatic heterocycles. The van der Waals surface area contributed by atoms with Crippen LogP contribution in [0.4, 0.5) is 0 Å². The van der Waals surface area contributed by atoms with Gasteiger partial charge in [-0.3, -0.25) is 6.58 Å². The molecule has 0 aromatic carbocycles. The van der Waals surface area contributed by atoms with Gasteiger partial charge in [0.1, 0.15) is 0 Å². The topological polar surface area (TPSA) is 0 Å². The van der Waals surface area contributed by atoms with Crippen molar-refractivity contribution >= 4 is 0 Å². The van der Waals surface area contributed by atoms with Crippen LogP contribution in [0.15, 0.2) is 6.58 Å². The molecule has 0 aliphatic carbocycles. The fraction of sp³-hybridized carbons (Fsp3) is 0. The fourth-order valence-electron chi connectivity index (χ4n) is 0. The quantitative estimate of drug-likeness (QED) is 0.254. The maximum absolute atomic E-state index is 4.25. The molecule has 0 rings (SSSR count). The second-order valence-corrected chi connectivity index (χ2v) is 0. The number of rotatable bonds is 0. The summed E-state index contributed by atoms with van der Waals surface area (Å²) in [4.78, 5) is 0. The van der Waals surface area contributed by atoms with Crippen LogP contribution in [0, 0.1) is 53.5 Å². The third kappa shape index (κ3) is 20.2. The van der Waals surface area contributed by atoms with Crippen molar-refractivity contribution in [2.24, 2.45) is 0 Å². The van der Waals surface area contributed by atoms with Gasteiger partial charge in [-0.1, -0.05) is 0 Å². The molecule has 0 saturated heterocycles. The van der Waals surface area contributed by atoms with E-state index in [9.17, 15) is 0 Å². The van der Waals surface area contributed by atoms with Gasteiger partial charge < -0.3 is 54.5 Å². The summed E-state index contributed by atoms with van der Waals surface area (Å²) < 4.78 is 0. The van der Waals surface area contributed by atoms with E-state index in [1.165, 1.54) is 0 Å². The third-order valence-corrected chi connectivity index (χ3v) is 0. The van der Waals surface area contributed by atoms with Crippen LogP contribution in [0.5, 0.6) is 0 Å². The standard InChI is InChI=1S/C2H3.2HI.Yb/c1-2;;;/h1H,2H2;2*1H;/q-1;;;+3/p-2. The molecular formula is C2H3I2Yb. The number of hydrogen-bond acceptors (Lipinski definition) is 0. The first-order valence-electron chi connectivity index (χ1n) is 0.408. The molecule has 0 aromatic rings. The van der Waals surface area contributed by atoms with E-state index in [1.807, 2.05) is 0 Å². The Kier molecular flexibility index (Phi) is 150. The van der Waals surface area contributed by atoms with Crippen LogP contribution in [0.1, 0.15) is 0 Å². The van der Waals surface area contributed by atoms with Gasteiger partial charge in [-0.25, -0.2) is 0 Å². The van der Waals surface area contributed by atoms with Crippen molar-refractivity contribution in [1.82, 2.24) is 0 Å². The van der Waals surface area contributed by atoms with E-state index in [0.717, 1.165) is 0 Å². The number of hydrogen-bond donors (Lipinski definition) is 0. The molecular weight excluding hydrogens is 451 g/mol. The van der Waals surface area contributed by atoms with Crippen LogP contribution < -0.4 is 48.0 Å². The molecule has 0 unspecified atom stereocenters. The maximum Gasteiger partial charge on any atom is 3.00 e. The molecule has 0 saturated carbocycles. The van der Waals surface area contributed by atoms with Gasteiger partial charge in [-0.05, 0) is 0 Å². The van der Waals surface area contributed by atoms with Crippen molar-refractivity contribution < 1.29 is 94.9 Å². The summed E-state index contributed by atoms with van der Waals surface area (Å²) in [5.74, 6) is 0. The summed E-state index contributed by atoms with van der Waals surface area (Å²) in [5, 5.41) is 0. The van der Waals surface area contributed by atoms with E-state index in [2.05, 4.69) is 13.2 Å². The Morgan fingerprint density at radius 2 is 1.00 bits per heavy atom. The number of halogens is 2. The summed E-state index contributed by atoms with van der Waals surface area (Å²) in [5.41, 5.74) is 0. The Bertz CT molecular complexity index is 7.61. The Labute approximate surface area is 105 Å². The Balaban J connectivity index is -0.00000000167. The normalized spacial score (nSPS) is 0.800. The van der Waals surface area contributed by atoms with E-state index < -0.39 is 0 Å². The van der Waals surface area contributed by atoms with Crippen LogP contribution in [-0.2, 0) is 0 Å². The van der Waals surface area contributed by atoms with E-state index >= 15 is 0 Å². The van der Waals surface area contributed by atoms with Gasteiger partial charge in [0.15, 0.2) is 0 Å². The minimum atomic E-state index is 0. The largest absolute Gasteiger partial charge is 3.00 e. The monoisotopic (exact) mass is 455 g/mol. The molecule has 0 bridgehead atoms. The Morgan fingerprint density at radius 1 is 1.00 bits per heavy atom. The zero-order valence-electron chi connectivity index (χ0n) is 2.31. The van der Waals surface area contributed by atoms with Crippen LogP contribution in [0.2, 0.25) is 0 Å². The Morgan fingerprint density at radius 3 is 1.00 bits per heavy atom. The summed E-state index contributed by atoms with van der Waals surface area (Å²) in [6.45, 7) is 7.00. The van der Waals surface area contributed by atoms with Gasteiger partial charge in [0.25, 0.3) is 0 Å². The van der Waals surface area contributed by atoms with Gasteiger partial charge in [0, 0.05) is 0 Å². The molecule has 0 N–H and O–H groups in total. The summed E-state index contributed by atoms with van der Waals surface area (Å²) in [7, 11) is 0. The van der Waals surface area contributed by atoms with Gasteiger partial charge in [-0.15, -0.1) is 0 Å². The second-order valence-electron chi connectivity index (χ2n) is 0. The van der Waals surface area contributed by atoms with Crippen molar-refractivity contribution in [2.75, 3.05) is 0 Å². The van der Waals surface area contributed by atoms with Crippen LogP contribution >= 0.6 is 0 Å². The minimum absolute atomic E-state index is 0. The molecule has 0 aliphatic rings. The predicted molar refractivity (Wildman–Crippen MR) is 9.93 cm³/mol. The average molecular weight is 454 g/mol. The third-order valence-electron chi connectivity index (χ3n) is 0. The predicted octanol–water partition coefficient (Wildman–Crippen LogP) is -5.39. The van der Waals surface area contributed by atoms with Crippen molar-refractivity contribution in [3.05, 3.63) is 13.2 Å². The van der Waals surface area contributed by atoms with E-state index in [-0.39, 0.29) is 94.9 Å². The average Bonchev–Trinajstić information content (AvgIpc) is 1.00. The zero-order chi connectivity index (χ0) is 2.00. The minimum Gasteiger partial charge on any atom is -1.00 e. The van der Waals surface area contributed by atoms with Gasteiger partial charge in [0.05, 0.1) is 0 Å².